The molecule has 1 N–H and O–H groups in total. The fourth-order valence-electron chi connectivity index (χ4n) is 5.38. The molecule has 0 spiro atoms. The van der Waals surface area contributed by atoms with Gasteiger partial charge in [-0.15, -0.1) is 5.10 Å². The summed E-state index contributed by atoms with van der Waals surface area (Å²) < 4.78 is 17.5. The Morgan fingerprint density at radius 1 is 1.14 bits per heavy atom. The van der Waals surface area contributed by atoms with Gasteiger partial charge in [0, 0.05) is 33.8 Å². The van der Waals surface area contributed by atoms with Crippen molar-refractivity contribution in [3.63, 3.8) is 0 Å². The molecule has 11 heteroatoms. The molecule has 7 rings (SSSR count). The fraction of sp³-hybridized carbons (Fsp3) is 0.154. The summed E-state index contributed by atoms with van der Waals surface area (Å²) in [7, 11) is 0. The van der Waals surface area contributed by atoms with Gasteiger partial charge in [-0.25, -0.2) is 9.37 Å². The van der Waals surface area contributed by atoms with E-state index in [1.165, 1.54) is 23.1 Å². The lowest BCUT2D eigenvalue weighted by molar-refractivity contribution is 0.514. The molecule has 3 atom stereocenters. The molecule has 9 nitrogen and oxygen atoms in total. The maximum atomic E-state index is 14.2. The van der Waals surface area contributed by atoms with Gasteiger partial charge in [0.25, 0.3) is 5.56 Å². The number of nitrogens with zero attached hydrogens (tertiary/aromatic N) is 7. The highest BCUT2D eigenvalue weighted by Crippen LogP contribution is 2.60. The lowest BCUT2D eigenvalue weighted by Gasteiger charge is -2.18. The molecule has 180 valence electrons. The van der Waals surface area contributed by atoms with Crippen LogP contribution in [0.15, 0.2) is 65.8 Å². The zero-order valence-corrected chi connectivity index (χ0v) is 19.8. The molecule has 3 unspecified atom stereocenters. The number of hydrogen-bond donors (Lipinski definition) is 1. The smallest absolute Gasteiger partial charge is 0.252 e. The van der Waals surface area contributed by atoms with E-state index in [2.05, 4.69) is 25.5 Å². The highest BCUT2D eigenvalue weighted by Gasteiger charge is 2.54. The van der Waals surface area contributed by atoms with Crippen LogP contribution in [0.1, 0.15) is 35.5 Å². The summed E-state index contributed by atoms with van der Waals surface area (Å²) in [4.78, 5) is 21.3. The van der Waals surface area contributed by atoms with Crippen molar-refractivity contribution in [3.8, 4) is 34.1 Å². The van der Waals surface area contributed by atoms with E-state index in [0.717, 1.165) is 23.2 Å². The first-order valence-corrected chi connectivity index (χ1v) is 11.9. The van der Waals surface area contributed by atoms with Crippen LogP contribution in [0.5, 0.6) is 0 Å². The summed E-state index contributed by atoms with van der Waals surface area (Å²) in [6.45, 7) is 0. The van der Waals surface area contributed by atoms with E-state index in [1.807, 2.05) is 18.2 Å². The zero-order valence-electron chi connectivity index (χ0n) is 19.0. The molecule has 0 amide bonds. The summed E-state index contributed by atoms with van der Waals surface area (Å²) in [6, 6.07) is 15.0. The Labute approximate surface area is 213 Å². The minimum Gasteiger partial charge on any atom is -0.340 e. The van der Waals surface area contributed by atoms with Crippen LogP contribution in [0.3, 0.4) is 0 Å². The summed E-state index contributed by atoms with van der Waals surface area (Å²) in [5.41, 5.74) is 4.20. The van der Waals surface area contributed by atoms with E-state index in [1.54, 1.807) is 35.0 Å². The molecule has 1 aliphatic heterocycles. The standard InChI is InChI=1S/C26H16ClFN8O/c27-16-3-4-22(35-12-31-33-34-35)17(8-16)15-6-23-18-9-19(18)25(36(23)24(37)7-15)26-30-11-21(32-26)13-1-2-14(10-29)20(28)5-13/h1-8,11-12,18-19,25H,9H2,(H,30,32). The summed E-state index contributed by atoms with van der Waals surface area (Å²) in [5, 5.41) is 21.0. The minimum absolute atomic E-state index is 0.0145. The number of fused-ring (bicyclic) bond motifs is 3. The number of imidazole rings is 1. The van der Waals surface area contributed by atoms with Crippen molar-refractivity contribution in [2.75, 3.05) is 0 Å². The molecule has 3 aromatic heterocycles. The van der Waals surface area contributed by atoms with E-state index in [4.69, 9.17) is 16.9 Å². The van der Waals surface area contributed by atoms with Crippen molar-refractivity contribution in [1.82, 2.24) is 34.7 Å². The fourth-order valence-corrected chi connectivity index (χ4v) is 5.55. The number of pyridine rings is 1. The highest BCUT2D eigenvalue weighted by atomic mass is 35.5. The van der Waals surface area contributed by atoms with Crippen LogP contribution in [0.25, 0.3) is 28.1 Å². The molecule has 0 bridgehead atoms. The quantitative estimate of drug-likeness (QED) is 0.386. The molecule has 0 saturated heterocycles. The van der Waals surface area contributed by atoms with Crippen molar-refractivity contribution < 1.29 is 4.39 Å². The number of aromatic amines is 1. The largest absolute Gasteiger partial charge is 0.340 e. The number of H-pyrrole nitrogens is 1. The predicted octanol–water partition coefficient (Wildman–Crippen LogP) is 4.25. The van der Waals surface area contributed by atoms with Gasteiger partial charge in [-0.3, -0.25) is 4.79 Å². The first-order valence-electron chi connectivity index (χ1n) is 11.6. The van der Waals surface area contributed by atoms with Gasteiger partial charge in [-0.1, -0.05) is 17.7 Å². The molecule has 1 aliphatic carbocycles. The van der Waals surface area contributed by atoms with Crippen LogP contribution in [-0.4, -0.2) is 34.7 Å². The Kier molecular flexibility index (Phi) is 4.65. The van der Waals surface area contributed by atoms with Gasteiger partial charge in [-0.2, -0.15) is 9.94 Å². The van der Waals surface area contributed by atoms with E-state index < -0.39 is 5.82 Å². The summed E-state index contributed by atoms with van der Waals surface area (Å²) in [6.07, 6.45) is 4.08. The van der Waals surface area contributed by atoms with Gasteiger partial charge in [0.15, 0.2) is 0 Å². The van der Waals surface area contributed by atoms with Crippen molar-refractivity contribution in [2.24, 2.45) is 5.92 Å². The normalized spacial score (nSPS) is 19.3. The van der Waals surface area contributed by atoms with Gasteiger partial charge >= 0.3 is 0 Å². The molecular formula is C26H16ClFN8O. The third-order valence-corrected chi connectivity index (χ3v) is 7.38. The van der Waals surface area contributed by atoms with E-state index in [0.29, 0.717) is 27.8 Å². The second-order valence-corrected chi connectivity index (χ2v) is 9.67. The Hall–Kier alpha value is -4.62. The molecule has 1 fully saturated rings. The van der Waals surface area contributed by atoms with Crippen molar-refractivity contribution in [1.29, 1.82) is 5.26 Å². The number of nitriles is 1. The number of nitrogens with one attached hydrogen (secondary N) is 1. The van der Waals surface area contributed by atoms with Crippen molar-refractivity contribution in [3.05, 3.63) is 99.3 Å². The van der Waals surface area contributed by atoms with Gasteiger partial charge in [0.2, 0.25) is 0 Å². The first kappa shape index (κ1) is 21.6. The maximum Gasteiger partial charge on any atom is 0.252 e. The molecule has 37 heavy (non-hydrogen) atoms. The molecular weight excluding hydrogens is 495 g/mol. The SMILES string of the molecule is N#Cc1ccc(-c2cnc(C3C4CC4c4cc(-c5cc(Cl)ccc5-n5cnnn5)cc(=O)n43)[nH]2)cc1F. The minimum atomic E-state index is -0.588. The topological polar surface area (TPSA) is 118 Å². The van der Waals surface area contributed by atoms with Crippen LogP contribution in [-0.2, 0) is 0 Å². The van der Waals surface area contributed by atoms with Crippen LogP contribution in [0.4, 0.5) is 4.39 Å². The van der Waals surface area contributed by atoms with Crippen molar-refractivity contribution >= 4 is 11.6 Å². The first-order chi connectivity index (χ1) is 18.0. The number of benzene rings is 2. The number of tetrazole rings is 1. The zero-order chi connectivity index (χ0) is 25.3. The number of halogens is 2. The van der Waals surface area contributed by atoms with Crippen molar-refractivity contribution in [2.45, 2.75) is 18.4 Å². The number of aromatic nitrogens is 7. The molecule has 5 aromatic rings. The molecule has 4 heterocycles. The van der Waals surface area contributed by atoms with Gasteiger partial charge in [0.1, 0.15) is 24.0 Å². The van der Waals surface area contributed by atoms with Gasteiger partial charge in [-0.05, 0) is 64.7 Å². The van der Waals surface area contributed by atoms with Gasteiger partial charge < -0.3 is 9.55 Å². The Balaban J connectivity index is 1.29. The third-order valence-electron chi connectivity index (χ3n) is 7.14. The average Bonchev–Trinajstić information content (AvgIpc) is 3.25. The number of rotatable bonds is 4. The maximum absolute atomic E-state index is 14.2. The monoisotopic (exact) mass is 510 g/mol. The summed E-state index contributed by atoms with van der Waals surface area (Å²) >= 11 is 6.31. The second-order valence-electron chi connectivity index (χ2n) is 9.23. The van der Waals surface area contributed by atoms with E-state index in [9.17, 15) is 9.18 Å². The molecule has 0 radical (unpaired) electrons. The predicted molar refractivity (Wildman–Crippen MR) is 132 cm³/mol. The Morgan fingerprint density at radius 2 is 2.03 bits per heavy atom. The lowest BCUT2D eigenvalue weighted by Crippen LogP contribution is -2.26. The van der Waals surface area contributed by atoms with Gasteiger partial charge in [0.05, 0.1) is 29.2 Å². The average molecular weight is 511 g/mol. The lowest BCUT2D eigenvalue weighted by atomic mass is 10.0. The van der Waals surface area contributed by atoms with Crippen LogP contribution < -0.4 is 5.56 Å². The Morgan fingerprint density at radius 3 is 2.81 bits per heavy atom. The molecule has 1 saturated carbocycles. The van der Waals surface area contributed by atoms with Crippen LogP contribution in [0, 0.1) is 23.1 Å². The molecule has 2 aromatic carbocycles. The second kappa shape index (κ2) is 7.94. The highest BCUT2D eigenvalue weighted by molar-refractivity contribution is 6.31. The molecule has 2 aliphatic rings. The van der Waals surface area contributed by atoms with E-state index >= 15 is 0 Å². The Bertz CT molecular complexity index is 1800. The van der Waals surface area contributed by atoms with Crippen LogP contribution >= 0.6 is 11.6 Å². The number of hydrogen-bond acceptors (Lipinski definition) is 6. The summed E-state index contributed by atoms with van der Waals surface area (Å²) in [5.74, 6) is 0.556. The van der Waals surface area contributed by atoms with E-state index in [-0.39, 0.29) is 29.0 Å². The third kappa shape index (κ3) is 3.39. The van der Waals surface area contributed by atoms with Crippen LogP contribution in [0.2, 0.25) is 5.02 Å².